The molecule has 0 N–H and O–H groups in total. The Balaban J connectivity index is 1.08. The van der Waals surface area contributed by atoms with E-state index in [9.17, 15) is 0 Å². The van der Waals surface area contributed by atoms with Crippen molar-refractivity contribution < 1.29 is 8.83 Å². The summed E-state index contributed by atoms with van der Waals surface area (Å²) in [5.74, 6) is 0. The summed E-state index contributed by atoms with van der Waals surface area (Å²) in [6.07, 6.45) is 0. The van der Waals surface area contributed by atoms with Crippen LogP contribution in [0.2, 0.25) is 0 Å². The Kier molecular flexibility index (Phi) is 7.36. The van der Waals surface area contributed by atoms with Crippen LogP contribution in [0.4, 0.5) is 0 Å². The lowest BCUT2D eigenvalue weighted by Gasteiger charge is -2.17. The van der Waals surface area contributed by atoms with Crippen molar-refractivity contribution in [2.75, 3.05) is 0 Å². The minimum absolute atomic E-state index is 0.881. The van der Waals surface area contributed by atoms with E-state index in [0.29, 0.717) is 0 Å². The van der Waals surface area contributed by atoms with Crippen LogP contribution in [0.3, 0.4) is 0 Å². The Hall–Kier alpha value is -8.60. The molecular formula is C60H36N2O2. The summed E-state index contributed by atoms with van der Waals surface area (Å²) in [5, 5.41) is 9.34. The third-order valence-corrected chi connectivity index (χ3v) is 13.3. The van der Waals surface area contributed by atoms with E-state index in [4.69, 9.17) is 8.83 Å². The van der Waals surface area contributed by atoms with E-state index in [0.717, 1.165) is 99.7 Å². The molecule has 4 heteroatoms. The Morgan fingerprint density at radius 2 is 0.656 bits per heavy atom. The van der Waals surface area contributed by atoms with Gasteiger partial charge >= 0.3 is 0 Å². The van der Waals surface area contributed by atoms with Crippen LogP contribution in [-0.4, -0.2) is 9.13 Å². The smallest absolute Gasteiger partial charge is 0.143 e. The summed E-state index contributed by atoms with van der Waals surface area (Å²) in [4.78, 5) is 0. The van der Waals surface area contributed by atoms with Crippen molar-refractivity contribution in [2.24, 2.45) is 0 Å². The van der Waals surface area contributed by atoms with Crippen LogP contribution < -0.4 is 0 Å². The van der Waals surface area contributed by atoms with Gasteiger partial charge in [-0.1, -0.05) is 133 Å². The lowest BCUT2D eigenvalue weighted by Crippen LogP contribution is -1.98. The number of para-hydroxylation sites is 7. The number of fused-ring (bicyclic) bond motifs is 12. The maximum atomic E-state index is 6.72. The number of benzene rings is 10. The molecule has 0 amide bonds. The molecule has 14 rings (SSSR count). The quantitative estimate of drug-likeness (QED) is 0.173. The summed E-state index contributed by atoms with van der Waals surface area (Å²) in [6, 6.07) is 78.8. The highest BCUT2D eigenvalue weighted by Gasteiger charge is 2.20. The highest BCUT2D eigenvalue weighted by atomic mass is 16.3. The summed E-state index contributed by atoms with van der Waals surface area (Å²) >= 11 is 0. The van der Waals surface area contributed by atoms with Gasteiger partial charge in [0.1, 0.15) is 22.3 Å². The molecule has 4 nitrogen and oxygen atoms in total. The zero-order chi connectivity index (χ0) is 41.9. The number of nitrogens with zero attached hydrogens (tertiary/aromatic N) is 2. The average Bonchev–Trinajstić information content (AvgIpc) is 4.11. The number of rotatable bonds is 5. The molecular weight excluding hydrogens is 781 g/mol. The van der Waals surface area contributed by atoms with E-state index in [1.165, 1.54) is 32.6 Å². The standard InChI is InChI=1S/C60H36N2O2/c1-7-22-53-45(14-1)46-15-2-8-23-54(46)61(53)42-32-38(37-28-29-59-52(36-37)50-19-6-11-26-57(50)63-59)30-39(33-42)40-31-41(44-20-13-21-51-49-18-5-12-27-58(49)64-60(44)51)35-43(34-40)62-55-24-9-3-16-47(55)48-17-4-10-25-56(48)62/h1-36H. The van der Waals surface area contributed by atoms with Gasteiger partial charge in [-0.25, -0.2) is 0 Å². The largest absolute Gasteiger partial charge is 0.456 e. The fourth-order valence-electron chi connectivity index (χ4n) is 10.4. The third-order valence-electron chi connectivity index (χ3n) is 13.3. The second kappa shape index (κ2) is 13.4. The van der Waals surface area contributed by atoms with E-state index < -0.39 is 0 Å². The van der Waals surface area contributed by atoms with E-state index in [1.807, 2.05) is 18.2 Å². The van der Waals surface area contributed by atoms with Crippen LogP contribution in [0.25, 0.3) is 132 Å². The van der Waals surface area contributed by atoms with Crippen molar-refractivity contribution >= 4 is 87.5 Å². The first-order valence-corrected chi connectivity index (χ1v) is 21.8. The highest BCUT2D eigenvalue weighted by molar-refractivity contribution is 6.12. The fourth-order valence-corrected chi connectivity index (χ4v) is 10.4. The molecule has 10 aromatic carbocycles. The van der Waals surface area contributed by atoms with Gasteiger partial charge in [0.15, 0.2) is 0 Å². The summed E-state index contributed by atoms with van der Waals surface area (Å²) < 4.78 is 17.9. The second-order valence-electron chi connectivity index (χ2n) is 16.9. The van der Waals surface area contributed by atoms with Gasteiger partial charge in [-0.2, -0.15) is 0 Å². The third kappa shape index (κ3) is 5.17. The van der Waals surface area contributed by atoms with Gasteiger partial charge in [-0.3, -0.25) is 0 Å². The molecule has 0 unspecified atom stereocenters. The van der Waals surface area contributed by atoms with Crippen LogP contribution in [0, 0.1) is 0 Å². The molecule has 0 saturated heterocycles. The predicted molar refractivity (Wildman–Crippen MR) is 266 cm³/mol. The topological polar surface area (TPSA) is 36.1 Å². The first-order valence-electron chi connectivity index (χ1n) is 21.8. The van der Waals surface area contributed by atoms with Gasteiger partial charge in [0, 0.05) is 60.0 Å². The van der Waals surface area contributed by atoms with E-state index in [1.54, 1.807) is 0 Å². The van der Waals surface area contributed by atoms with Crippen molar-refractivity contribution in [3.05, 3.63) is 218 Å². The minimum atomic E-state index is 0.881. The molecule has 0 aliphatic carbocycles. The van der Waals surface area contributed by atoms with Crippen molar-refractivity contribution in [2.45, 2.75) is 0 Å². The number of aromatic nitrogens is 2. The van der Waals surface area contributed by atoms with Crippen LogP contribution in [0.1, 0.15) is 0 Å². The van der Waals surface area contributed by atoms with Gasteiger partial charge in [0.25, 0.3) is 0 Å². The molecule has 4 heterocycles. The molecule has 0 radical (unpaired) electrons. The first-order chi connectivity index (χ1) is 31.7. The maximum Gasteiger partial charge on any atom is 0.143 e. The number of hydrogen-bond acceptors (Lipinski definition) is 2. The van der Waals surface area contributed by atoms with Crippen LogP contribution in [-0.2, 0) is 0 Å². The van der Waals surface area contributed by atoms with Gasteiger partial charge in [-0.05, 0) is 113 Å². The Bertz CT molecular complexity index is 4110. The highest BCUT2D eigenvalue weighted by Crippen LogP contribution is 2.43. The van der Waals surface area contributed by atoms with E-state index >= 15 is 0 Å². The second-order valence-corrected chi connectivity index (χ2v) is 16.9. The van der Waals surface area contributed by atoms with Crippen molar-refractivity contribution in [3.63, 3.8) is 0 Å². The van der Waals surface area contributed by atoms with Gasteiger partial charge < -0.3 is 18.0 Å². The minimum Gasteiger partial charge on any atom is -0.456 e. The Morgan fingerprint density at radius 3 is 1.22 bits per heavy atom. The molecule has 298 valence electrons. The SMILES string of the molecule is c1ccc2c(c1)oc1ccc(-c3cc(-c4cc(-c5cccc6c5oc5ccccc56)cc(-n5c6ccccc6c6ccccc65)c4)cc(-n4c5ccccc5c5ccccc54)c3)cc12. The van der Waals surface area contributed by atoms with Crippen molar-refractivity contribution in [1.82, 2.24) is 9.13 Å². The molecule has 0 spiro atoms. The van der Waals surface area contributed by atoms with Crippen LogP contribution in [0.5, 0.6) is 0 Å². The Labute approximate surface area is 367 Å². The molecule has 4 aromatic heterocycles. The van der Waals surface area contributed by atoms with Crippen LogP contribution in [0.15, 0.2) is 227 Å². The van der Waals surface area contributed by atoms with E-state index in [-0.39, 0.29) is 0 Å². The molecule has 0 atom stereocenters. The monoisotopic (exact) mass is 816 g/mol. The van der Waals surface area contributed by atoms with Gasteiger partial charge in [-0.15, -0.1) is 0 Å². The predicted octanol–water partition coefficient (Wildman–Crippen LogP) is 16.7. The molecule has 0 saturated carbocycles. The fraction of sp³-hybridized carbons (Fsp3) is 0. The Morgan fingerprint density at radius 1 is 0.250 bits per heavy atom. The number of furan rings is 2. The van der Waals surface area contributed by atoms with Gasteiger partial charge in [0.2, 0.25) is 0 Å². The van der Waals surface area contributed by atoms with Crippen molar-refractivity contribution in [3.8, 4) is 44.8 Å². The molecule has 0 bridgehead atoms. The lowest BCUT2D eigenvalue weighted by atomic mass is 9.93. The molecule has 0 aliphatic heterocycles. The summed E-state index contributed by atoms with van der Waals surface area (Å²) in [6.45, 7) is 0. The van der Waals surface area contributed by atoms with Gasteiger partial charge in [0.05, 0.1) is 22.1 Å². The van der Waals surface area contributed by atoms with Crippen LogP contribution >= 0.6 is 0 Å². The molecule has 14 aromatic rings. The summed E-state index contributed by atoms with van der Waals surface area (Å²) in [7, 11) is 0. The zero-order valence-corrected chi connectivity index (χ0v) is 34.5. The number of hydrogen-bond donors (Lipinski definition) is 0. The lowest BCUT2D eigenvalue weighted by molar-refractivity contribution is 0.669. The first kappa shape index (κ1) is 35.0. The van der Waals surface area contributed by atoms with Crippen molar-refractivity contribution in [1.29, 1.82) is 0 Å². The molecule has 64 heavy (non-hydrogen) atoms. The average molecular weight is 817 g/mol. The zero-order valence-electron chi connectivity index (χ0n) is 34.5. The summed E-state index contributed by atoms with van der Waals surface area (Å²) in [5.41, 5.74) is 16.9. The maximum absolute atomic E-state index is 6.72. The normalized spacial score (nSPS) is 12.1. The molecule has 0 fully saturated rings. The molecule has 0 aliphatic rings. The van der Waals surface area contributed by atoms with E-state index in [2.05, 4.69) is 209 Å².